The van der Waals surface area contributed by atoms with Crippen LogP contribution in [0.2, 0.25) is 0 Å². The summed E-state index contributed by atoms with van der Waals surface area (Å²) < 4.78 is 42.8. The van der Waals surface area contributed by atoms with E-state index in [0.717, 1.165) is 109 Å². The second-order valence-electron chi connectivity index (χ2n) is 22.9. The topological polar surface area (TPSA) is 139 Å². The van der Waals surface area contributed by atoms with Gasteiger partial charge in [0.2, 0.25) is 5.91 Å². The van der Waals surface area contributed by atoms with Crippen molar-refractivity contribution in [3.63, 3.8) is 0 Å². The maximum Gasteiger partial charge on any atom is 0.306 e. The Morgan fingerprint density at radius 3 is 1.09 bits per heavy atom. The molecular weight excluding hydrogens is 997 g/mol. The number of carbonyl (C=O) groups excluding carboxylic acids is 4. The molecule has 0 aromatic heterocycles. The SMILES string of the molecule is CCCCCCCCOC(CCCCC(=O)OCC(COC(=O)CCCCC(OCCCCCCCC)OCCCCCCCC)N(CCCN(C)C)C(=O)CCC(=O)OC(CCC)CCCCCC)OCCCCCCCC. The van der Waals surface area contributed by atoms with Crippen molar-refractivity contribution in [2.45, 2.75) is 336 Å². The van der Waals surface area contributed by atoms with Crippen LogP contribution in [-0.2, 0) is 52.3 Å². The molecule has 0 heterocycles. The number of hydrogen-bond donors (Lipinski definition) is 0. The Bertz CT molecular complexity index is 1250. The Balaban J connectivity index is 5.92. The smallest absolute Gasteiger partial charge is 0.306 e. The average molecular weight is 1130 g/mol. The normalized spacial score (nSPS) is 12.1. The van der Waals surface area contributed by atoms with E-state index in [4.69, 9.17) is 33.2 Å². The van der Waals surface area contributed by atoms with Crippen molar-refractivity contribution < 1.29 is 52.3 Å². The molecule has 79 heavy (non-hydrogen) atoms. The van der Waals surface area contributed by atoms with Gasteiger partial charge in [0.05, 0.1) is 12.5 Å². The summed E-state index contributed by atoms with van der Waals surface area (Å²) in [6, 6.07) is -0.727. The molecule has 0 aliphatic rings. The van der Waals surface area contributed by atoms with Crippen LogP contribution in [-0.4, -0.2) is 125 Å². The zero-order valence-corrected chi connectivity index (χ0v) is 53.0. The third-order valence-corrected chi connectivity index (χ3v) is 14.8. The van der Waals surface area contributed by atoms with Gasteiger partial charge >= 0.3 is 17.9 Å². The predicted octanol–water partition coefficient (Wildman–Crippen LogP) is 17.0. The van der Waals surface area contributed by atoms with Crippen LogP contribution in [0.15, 0.2) is 0 Å². The number of unbranched alkanes of at least 4 members (excludes halogenated alkanes) is 25. The molecule has 0 spiro atoms. The lowest BCUT2D eigenvalue weighted by Gasteiger charge is -2.32. The van der Waals surface area contributed by atoms with Crippen LogP contribution in [0.5, 0.6) is 0 Å². The molecule has 1 atom stereocenters. The number of nitrogens with zero attached hydrogens (tertiary/aromatic N) is 2. The van der Waals surface area contributed by atoms with Crippen LogP contribution in [0.1, 0.15) is 311 Å². The molecule has 0 saturated heterocycles. The summed E-state index contributed by atoms with van der Waals surface area (Å²) >= 11 is 0. The fraction of sp³-hybridized carbons (Fsp3) is 0.939. The van der Waals surface area contributed by atoms with Gasteiger partial charge in [0.1, 0.15) is 19.3 Å². The molecule has 0 aliphatic carbocycles. The van der Waals surface area contributed by atoms with Crippen LogP contribution in [0, 0.1) is 0 Å². The Morgan fingerprint density at radius 2 is 0.709 bits per heavy atom. The van der Waals surface area contributed by atoms with E-state index in [1.54, 1.807) is 4.90 Å². The first kappa shape index (κ1) is 76.7. The van der Waals surface area contributed by atoms with Gasteiger partial charge in [-0.2, -0.15) is 0 Å². The van der Waals surface area contributed by atoms with Gasteiger partial charge in [-0.3, -0.25) is 19.2 Å². The summed E-state index contributed by atoms with van der Waals surface area (Å²) in [4.78, 5) is 58.1. The lowest BCUT2D eigenvalue weighted by molar-refractivity contribution is -0.156. The summed E-state index contributed by atoms with van der Waals surface area (Å²) in [5.41, 5.74) is 0. The molecule has 1 unspecified atom stereocenters. The summed E-state index contributed by atoms with van der Waals surface area (Å²) in [5.74, 6) is -1.38. The van der Waals surface area contributed by atoms with Gasteiger partial charge in [0.15, 0.2) is 12.6 Å². The standard InChI is InChI=1S/C66H128N2O11/c1-9-15-20-25-29-38-53-73-65(74-54-39-30-26-21-16-10-2)47-36-34-45-62(70)77-57-59(68(52-42-51-67(7)8)61(69)49-50-64(72)79-60(43-14-6)44-33-24-19-13-5)58-78-63(71)46-35-37-48-66(75-55-40-31-27-22-17-11-3)76-56-41-32-28-23-18-12-4/h59-60,65-66H,9-58H2,1-8H3. The van der Waals surface area contributed by atoms with E-state index in [1.165, 1.54) is 103 Å². The quantitative estimate of drug-likeness (QED) is 0.0248. The first-order valence-electron chi connectivity index (χ1n) is 33.5. The van der Waals surface area contributed by atoms with Gasteiger partial charge in [-0.25, -0.2) is 0 Å². The highest BCUT2D eigenvalue weighted by Gasteiger charge is 2.28. The van der Waals surface area contributed by atoms with E-state index in [0.29, 0.717) is 71.6 Å². The van der Waals surface area contributed by atoms with E-state index in [1.807, 2.05) is 14.1 Å². The molecule has 13 heteroatoms. The first-order valence-corrected chi connectivity index (χ1v) is 33.5. The minimum atomic E-state index is -0.727. The Morgan fingerprint density at radius 1 is 0.342 bits per heavy atom. The number of hydrogen-bond acceptors (Lipinski definition) is 12. The van der Waals surface area contributed by atoms with Crippen molar-refractivity contribution in [3.05, 3.63) is 0 Å². The zero-order valence-electron chi connectivity index (χ0n) is 53.0. The van der Waals surface area contributed by atoms with Crippen LogP contribution in [0.4, 0.5) is 0 Å². The summed E-state index contributed by atoms with van der Waals surface area (Å²) in [6.07, 6.45) is 40.0. The van der Waals surface area contributed by atoms with Gasteiger partial charge < -0.3 is 43.0 Å². The number of rotatable bonds is 62. The van der Waals surface area contributed by atoms with Gasteiger partial charge in [0.25, 0.3) is 0 Å². The fourth-order valence-corrected chi connectivity index (χ4v) is 9.78. The van der Waals surface area contributed by atoms with Gasteiger partial charge in [0, 0.05) is 52.2 Å². The van der Waals surface area contributed by atoms with E-state index >= 15 is 0 Å². The Labute approximate surface area is 486 Å². The second-order valence-corrected chi connectivity index (χ2v) is 22.9. The third-order valence-electron chi connectivity index (χ3n) is 14.8. The van der Waals surface area contributed by atoms with Crippen LogP contribution in [0.3, 0.4) is 0 Å². The molecule has 0 bridgehead atoms. The molecule has 0 radical (unpaired) electrons. The van der Waals surface area contributed by atoms with E-state index in [-0.39, 0.29) is 81.4 Å². The molecule has 0 saturated carbocycles. The Kier molecular flexibility index (Phi) is 57.1. The maximum absolute atomic E-state index is 14.2. The van der Waals surface area contributed by atoms with Gasteiger partial charge in [-0.1, -0.05) is 196 Å². The molecule has 0 N–H and O–H groups in total. The maximum atomic E-state index is 14.2. The van der Waals surface area contributed by atoms with Crippen molar-refractivity contribution in [2.24, 2.45) is 0 Å². The van der Waals surface area contributed by atoms with Crippen molar-refractivity contribution >= 4 is 23.8 Å². The predicted molar refractivity (Wildman–Crippen MR) is 325 cm³/mol. The molecule has 0 fully saturated rings. The monoisotopic (exact) mass is 1120 g/mol. The van der Waals surface area contributed by atoms with Crippen LogP contribution in [0.25, 0.3) is 0 Å². The minimum Gasteiger partial charge on any atom is -0.463 e. The van der Waals surface area contributed by atoms with Crippen molar-refractivity contribution in [3.8, 4) is 0 Å². The Hall–Kier alpha value is -2.32. The van der Waals surface area contributed by atoms with Crippen molar-refractivity contribution in [2.75, 3.05) is 66.8 Å². The lowest BCUT2D eigenvalue weighted by atomic mass is 10.1. The molecule has 468 valence electrons. The number of carbonyl (C=O) groups is 4. The molecule has 1 amide bonds. The molecule has 0 aliphatic heterocycles. The molecule has 0 aromatic rings. The minimum absolute atomic E-state index is 0.0524. The highest BCUT2D eigenvalue weighted by molar-refractivity contribution is 5.82. The molecule has 0 aromatic carbocycles. The summed E-state index contributed by atoms with van der Waals surface area (Å²) in [7, 11) is 3.96. The van der Waals surface area contributed by atoms with Crippen molar-refractivity contribution in [1.82, 2.24) is 9.80 Å². The molecule has 0 rings (SSSR count). The van der Waals surface area contributed by atoms with Crippen LogP contribution >= 0.6 is 0 Å². The average Bonchev–Trinajstić information content (AvgIpc) is 3.43. The lowest BCUT2D eigenvalue weighted by Crippen LogP contribution is -2.47. The van der Waals surface area contributed by atoms with Gasteiger partial charge in [-0.15, -0.1) is 0 Å². The fourth-order valence-electron chi connectivity index (χ4n) is 9.78. The number of ether oxygens (including phenoxy) is 7. The van der Waals surface area contributed by atoms with E-state index in [9.17, 15) is 19.2 Å². The highest BCUT2D eigenvalue weighted by Crippen LogP contribution is 2.19. The number of amides is 1. The first-order chi connectivity index (χ1) is 38.5. The zero-order chi connectivity index (χ0) is 58.1. The third kappa shape index (κ3) is 51.1. The van der Waals surface area contributed by atoms with Crippen molar-refractivity contribution in [1.29, 1.82) is 0 Å². The highest BCUT2D eigenvalue weighted by atomic mass is 16.7. The number of esters is 3. The molecule has 13 nitrogen and oxygen atoms in total. The largest absolute Gasteiger partial charge is 0.463 e. The van der Waals surface area contributed by atoms with Gasteiger partial charge in [-0.05, 0) is 111 Å². The summed E-state index contributed by atoms with van der Waals surface area (Å²) in [5, 5.41) is 0. The molecular formula is C66H128N2O11. The van der Waals surface area contributed by atoms with E-state index < -0.39 is 6.04 Å². The van der Waals surface area contributed by atoms with Crippen LogP contribution < -0.4 is 0 Å². The second kappa shape index (κ2) is 58.9. The summed E-state index contributed by atoms with van der Waals surface area (Å²) in [6.45, 7) is 16.7. The van der Waals surface area contributed by atoms with E-state index in [2.05, 4.69) is 46.4 Å².